The van der Waals surface area contributed by atoms with E-state index in [1.165, 1.54) is 26.8 Å². The van der Waals surface area contributed by atoms with E-state index in [1.807, 2.05) is 0 Å². The Kier molecular flexibility index (Phi) is 8.72. The van der Waals surface area contributed by atoms with Gasteiger partial charge in [-0.1, -0.05) is 17.3 Å². The Morgan fingerprint density at radius 2 is 2.07 bits per heavy atom. The van der Waals surface area contributed by atoms with Crippen molar-refractivity contribution < 1.29 is 33.9 Å². The van der Waals surface area contributed by atoms with Crippen LogP contribution in [0.3, 0.4) is 0 Å². The van der Waals surface area contributed by atoms with Crippen molar-refractivity contribution in [2.24, 2.45) is 10.6 Å². The van der Waals surface area contributed by atoms with Gasteiger partial charge in [0.1, 0.15) is 22.8 Å². The van der Waals surface area contributed by atoms with E-state index >= 15 is 0 Å². The summed E-state index contributed by atoms with van der Waals surface area (Å²) < 4.78 is 10.2. The number of hydrogen-bond donors (Lipinski definition) is 3. The highest BCUT2D eigenvalue weighted by Crippen LogP contribution is 2.41. The number of carbonyl (C=O) groups is 4. The lowest BCUT2D eigenvalue weighted by atomic mass is 9.98. The Morgan fingerprint density at radius 1 is 1.32 bits per heavy atom. The number of nitrogens with two attached hydrogens (primary N) is 1. The SMILES string of the molecule is Cc1nnn(C/C=C\C2=C(C(=O)OCOC(=O)C(C)(C)C)N3C(=O)C(NC(=O)C(=NO)c4csc(N)n4)[C@H]3SC2)n1. The van der Waals surface area contributed by atoms with Gasteiger partial charge in [0.25, 0.3) is 11.8 Å². The number of nitrogens with one attached hydrogen (secondary N) is 1. The molecule has 0 saturated carbocycles. The highest BCUT2D eigenvalue weighted by molar-refractivity contribution is 8.00. The number of aromatic nitrogens is 5. The Bertz CT molecular complexity index is 1460. The number of aryl methyl sites for hydroxylation is 1. The van der Waals surface area contributed by atoms with Gasteiger partial charge in [0.05, 0.1) is 12.0 Å². The Labute approximate surface area is 241 Å². The van der Waals surface area contributed by atoms with Gasteiger partial charge in [-0.25, -0.2) is 9.78 Å². The van der Waals surface area contributed by atoms with E-state index in [2.05, 4.69) is 30.9 Å². The van der Waals surface area contributed by atoms with Gasteiger partial charge >= 0.3 is 11.9 Å². The van der Waals surface area contributed by atoms with E-state index in [-0.39, 0.29) is 28.8 Å². The van der Waals surface area contributed by atoms with Gasteiger partial charge in [0.15, 0.2) is 16.7 Å². The molecule has 2 aromatic heterocycles. The normalized spacial score (nSPS) is 19.2. The van der Waals surface area contributed by atoms with Gasteiger partial charge in [0.2, 0.25) is 6.79 Å². The molecule has 0 spiro atoms. The number of nitrogen functional groups attached to an aromatic ring is 1. The number of rotatable bonds is 9. The van der Waals surface area contributed by atoms with Crippen molar-refractivity contribution in [1.29, 1.82) is 0 Å². The molecular formula is C23H27N9O7S2. The summed E-state index contributed by atoms with van der Waals surface area (Å²) >= 11 is 2.35. The fourth-order valence-electron chi connectivity index (χ4n) is 3.69. The maximum atomic E-state index is 13.2. The number of thiazole rings is 1. The predicted molar refractivity (Wildman–Crippen MR) is 145 cm³/mol. The average Bonchev–Trinajstić information content (AvgIpc) is 3.54. The largest absolute Gasteiger partial charge is 0.427 e. The van der Waals surface area contributed by atoms with Crippen LogP contribution in [0, 0.1) is 12.3 Å². The van der Waals surface area contributed by atoms with Crippen molar-refractivity contribution in [3.05, 3.63) is 40.3 Å². The van der Waals surface area contributed by atoms with Crippen molar-refractivity contribution in [1.82, 2.24) is 35.4 Å². The zero-order valence-electron chi connectivity index (χ0n) is 22.4. The first-order valence-corrected chi connectivity index (χ1v) is 14.0. The first kappa shape index (κ1) is 29.7. The highest BCUT2D eigenvalue weighted by atomic mass is 32.2. The molecule has 1 unspecified atom stereocenters. The second kappa shape index (κ2) is 12.0. The Balaban J connectivity index is 1.52. The van der Waals surface area contributed by atoms with Crippen LogP contribution in [0.1, 0.15) is 32.3 Å². The Morgan fingerprint density at radius 3 is 2.68 bits per heavy atom. The number of tetrazole rings is 1. The van der Waals surface area contributed by atoms with Crippen molar-refractivity contribution in [3.8, 4) is 0 Å². The summed E-state index contributed by atoms with van der Waals surface area (Å²) in [5.74, 6) is -2.13. The zero-order chi connectivity index (χ0) is 29.9. The lowest BCUT2D eigenvalue weighted by molar-refractivity contribution is -0.173. The highest BCUT2D eigenvalue weighted by Gasteiger charge is 2.54. The average molecular weight is 606 g/mol. The number of hydrogen-bond acceptors (Lipinski definition) is 15. The van der Waals surface area contributed by atoms with Crippen LogP contribution in [0.25, 0.3) is 0 Å². The van der Waals surface area contributed by atoms with Crippen LogP contribution in [0.2, 0.25) is 0 Å². The van der Waals surface area contributed by atoms with Crippen LogP contribution in [0.5, 0.6) is 0 Å². The van der Waals surface area contributed by atoms with Gasteiger partial charge in [0, 0.05) is 11.1 Å². The maximum Gasteiger partial charge on any atom is 0.358 e. The van der Waals surface area contributed by atoms with Gasteiger partial charge in [-0.05, 0) is 38.5 Å². The molecule has 1 saturated heterocycles. The number of amides is 2. The molecular weight excluding hydrogens is 578 g/mol. The Hall–Kier alpha value is -4.32. The zero-order valence-corrected chi connectivity index (χ0v) is 24.1. The number of allylic oxidation sites excluding steroid dienone is 2. The van der Waals surface area contributed by atoms with Crippen molar-refractivity contribution in [2.75, 3.05) is 18.3 Å². The first-order chi connectivity index (χ1) is 19.4. The molecule has 0 aromatic carbocycles. The van der Waals surface area contributed by atoms with Gasteiger partial charge in [-0.3, -0.25) is 19.3 Å². The molecule has 0 aliphatic carbocycles. The molecule has 2 aliphatic rings. The second-order valence-corrected chi connectivity index (χ2v) is 11.8. The van der Waals surface area contributed by atoms with Gasteiger partial charge < -0.3 is 25.7 Å². The van der Waals surface area contributed by atoms with Crippen LogP contribution in [-0.2, 0) is 35.2 Å². The molecule has 2 aromatic rings. The summed E-state index contributed by atoms with van der Waals surface area (Å²) in [7, 11) is 0. The molecule has 1 fully saturated rings. The molecule has 4 N–H and O–H groups in total. The topological polar surface area (TPSA) is 217 Å². The lowest BCUT2D eigenvalue weighted by Crippen LogP contribution is -2.71. The summed E-state index contributed by atoms with van der Waals surface area (Å²) in [6.45, 7) is 6.26. The lowest BCUT2D eigenvalue weighted by Gasteiger charge is -2.49. The number of thioether (sulfide) groups is 1. The molecule has 2 atom stereocenters. The number of nitrogens with zero attached hydrogens (tertiary/aromatic N) is 7. The minimum Gasteiger partial charge on any atom is -0.427 e. The van der Waals surface area contributed by atoms with Crippen molar-refractivity contribution in [3.63, 3.8) is 0 Å². The smallest absolute Gasteiger partial charge is 0.358 e. The van der Waals surface area contributed by atoms with E-state index in [9.17, 15) is 24.4 Å². The third-order valence-electron chi connectivity index (χ3n) is 5.69. The molecule has 4 rings (SSSR count). The number of β-lactam (4-membered cyclic amide) rings is 1. The molecule has 4 heterocycles. The van der Waals surface area contributed by atoms with Crippen molar-refractivity contribution >= 4 is 57.7 Å². The molecule has 0 bridgehead atoms. The van der Waals surface area contributed by atoms with Crippen LogP contribution < -0.4 is 11.1 Å². The molecule has 41 heavy (non-hydrogen) atoms. The van der Waals surface area contributed by atoms with E-state index in [1.54, 1.807) is 39.8 Å². The van der Waals surface area contributed by atoms with Crippen LogP contribution in [0.15, 0.2) is 34.0 Å². The molecule has 2 amide bonds. The van der Waals surface area contributed by atoms with E-state index in [0.717, 1.165) is 11.3 Å². The second-order valence-electron chi connectivity index (χ2n) is 9.78. The number of carbonyl (C=O) groups excluding carboxylic acids is 4. The summed E-state index contributed by atoms with van der Waals surface area (Å²) in [4.78, 5) is 57.8. The molecule has 18 heteroatoms. The number of fused-ring (bicyclic) bond motifs is 1. The van der Waals surface area contributed by atoms with Crippen molar-refractivity contribution in [2.45, 2.75) is 45.7 Å². The minimum absolute atomic E-state index is 0.0471. The quantitative estimate of drug-likeness (QED) is 0.0870. The van der Waals surface area contributed by atoms with Crippen LogP contribution in [-0.4, -0.2) is 88.7 Å². The number of ether oxygens (including phenoxy) is 2. The molecule has 218 valence electrons. The number of anilines is 1. The fraction of sp³-hybridized carbons (Fsp3) is 0.435. The van der Waals surface area contributed by atoms with Gasteiger partial charge in [-0.2, -0.15) is 4.80 Å². The minimum atomic E-state index is -1.03. The standard InChI is InChI=1S/C23H27N9O7S2/c1-11-27-30-31(28-11)7-5-6-12-8-40-19-15(26-17(33)14(29-37)13-9-41-22(24)25-13)18(34)32(19)16(12)20(35)38-10-39-21(36)23(2,3)4/h5-6,9,15,19,37H,7-8,10H2,1-4H3,(H2,24,25)(H,26,33)/b6-5-,29-14?/t15?,19-/m1/s1. The van der Waals surface area contributed by atoms with E-state index in [0.29, 0.717) is 11.4 Å². The van der Waals surface area contributed by atoms with Crippen LogP contribution >= 0.6 is 23.1 Å². The van der Waals surface area contributed by atoms with E-state index < -0.39 is 53.1 Å². The summed E-state index contributed by atoms with van der Waals surface area (Å²) in [6, 6.07) is -1.03. The monoisotopic (exact) mass is 605 g/mol. The van der Waals surface area contributed by atoms with Crippen LogP contribution in [0.4, 0.5) is 5.13 Å². The summed E-state index contributed by atoms with van der Waals surface area (Å²) in [5, 5.41) is 27.6. The molecule has 0 radical (unpaired) electrons. The van der Waals surface area contributed by atoms with E-state index in [4.69, 9.17) is 15.2 Å². The predicted octanol–water partition coefficient (Wildman–Crippen LogP) is 0.199. The maximum absolute atomic E-state index is 13.2. The third-order valence-corrected chi connectivity index (χ3v) is 7.67. The summed E-state index contributed by atoms with van der Waals surface area (Å²) in [5.41, 5.74) is 4.83. The van der Waals surface area contributed by atoms with Gasteiger partial charge in [-0.15, -0.1) is 33.3 Å². The first-order valence-electron chi connectivity index (χ1n) is 12.1. The third kappa shape index (κ3) is 6.54. The summed E-state index contributed by atoms with van der Waals surface area (Å²) in [6.07, 6.45) is 3.33. The number of oxime groups is 1. The number of esters is 2. The fourth-order valence-corrected chi connectivity index (χ4v) is 5.56. The molecule has 16 nitrogen and oxygen atoms in total. The molecule has 2 aliphatic heterocycles.